The largest absolute Gasteiger partial charge is 0.334 e. The molecule has 2 nitrogen and oxygen atoms in total. The van der Waals surface area contributed by atoms with Gasteiger partial charge in [-0.3, -0.25) is 4.79 Å². The number of alkyl halides is 1. The molecule has 0 saturated heterocycles. The van der Waals surface area contributed by atoms with Gasteiger partial charge in [0.15, 0.2) is 0 Å². The minimum atomic E-state index is 0.0150. The van der Waals surface area contributed by atoms with Crippen molar-refractivity contribution in [2.24, 2.45) is 0 Å². The number of amides is 1. The van der Waals surface area contributed by atoms with Gasteiger partial charge in [0.25, 0.3) is 5.91 Å². The van der Waals surface area contributed by atoms with Crippen LogP contribution in [0.4, 0.5) is 0 Å². The Kier molecular flexibility index (Phi) is 7.47. The molecule has 0 bridgehead atoms. The molecule has 0 atom stereocenters. The second-order valence-electron chi connectivity index (χ2n) is 4.28. The van der Waals surface area contributed by atoms with Gasteiger partial charge in [0, 0.05) is 27.1 Å². The number of carbonyl (C=O) groups excluding carboxylic acids is 1. The zero-order valence-corrected chi connectivity index (χ0v) is 14.8. The van der Waals surface area contributed by atoms with E-state index in [1.807, 2.05) is 11.0 Å². The van der Waals surface area contributed by atoms with E-state index in [4.69, 9.17) is 23.2 Å². The van der Waals surface area contributed by atoms with Crippen molar-refractivity contribution in [3.8, 4) is 0 Å². The van der Waals surface area contributed by atoms with Crippen molar-refractivity contribution in [1.82, 2.24) is 4.90 Å². The van der Waals surface area contributed by atoms with Crippen LogP contribution in [0, 0.1) is 3.57 Å². The van der Waals surface area contributed by atoms with Gasteiger partial charge < -0.3 is 4.90 Å². The van der Waals surface area contributed by atoms with Gasteiger partial charge in [0.05, 0.1) is 5.56 Å². The van der Waals surface area contributed by atoms with E-state index in [0.717, 1.165) is 16.4 Å². The zero-order chi connectivity index (χ0) is 14.4. The first-order chi connectivity index (χ1) is 9.04. The minimum Gasteiger partial charge on any atom is -0.334 e. The molecule has 0 aliphatic heterocycles. The number of halogens is 3. The van der Waals surface area contributed by atoms with Crippen molar-refractivity contribution in [3.63, 3.8) is 0 Å². The van der Waals surface area contributed by atoms with Gasteiger partial charge in [-0.05, 0) is 53.6 Å². The Bertz CT molecular complexity index is 435. The fraction of sp³-hybridized carbons (Fsp3) is 0.500. The van der Waals surface area contributed by atoms with Crippen LogP contribution in [-0.4, -0.2) is 29.3 Å². The van der Waals surface area contributed by atoms with Gasteiger partial charge in [-0.15, -0.1) is 11.6 Å². The van der Waals surface area contributed by atoms with E-state index < -0.39 is 0 Å². The highest BCUT2D eigenvalue weighted by molar-refractivity contribution is 14.1. The first-order valence-electron chi connectivity index (χ1n) is 6.37. The van der Waals surface area contributed by atoms with Crippen LogP contribution in [0.5, 0.6) is 0 Å². The van der Waals surface area contributed by atoms with E-state index >= 15 is 0 Å². The van der Waals surface area contributed by atoms with Crippen molar-refractivity contribution in [2.75, 3.05) is 12.4 Å². The molecule has 0 N–H and O–H groups in total. The molecule has 0 radical (unpaired) electrons. The Morgan fingerprint density at radius 3 is 2.53 bits per heavy atom. The summed E-state index contributed by atoms with van der Waals surface area (Å²) in [6.45, 7) is 4.74. The number of carbonyl (C=O) groups is 1. The third kappa shape index (κ3) is 4.50. The van der Waals surface area contributed by atoms with Gasteiger partial charge >= 0.3 is 0 Å². The summed E-state index contributed by atoms with van der Waals surface area (Å²) in [4.78, 5) is 14.5. The number of rotatable bonds is 6. The first kappa shape index (κ1) is 17.1. The molecule has 0 aliphatic rings. The molecule has 0 unspecified atom stereocenters. The quantitative estimate of drug-likeness (QED) is 0.483. The molecule has 0 heterocycles. The van der Waals surface area contributed by atoms with Crippen LogP contribution >= 0.6 is 45.8 Å². The standard InChI is InChI=1S/C14H18Cl2INO/c1-3-11(4-2)18(8-7-15)14(19)12-9-10(16)5-6-13(12)17/h5-6,9,11H,3-4,7-8H2,1-2H3. The van der Waals surface area contributed by atoms with Crippen LogP contribution in [0.25, 0.3) is 0 Å². The van der Waals surface area contributed by atoms with Gasteiger partial charge in [0.2, 0.25) is 0 Å². The van der Waals surface area contributed by atoms with E-state index in [1.54, 1.807) is 12.1 Å². The van der Waals surface area contributed by atoms with E-state index in [0.29, 0.717) is 23.0 Å². The van der Waals surface area contributed by atoms with Gasteiger partial charge in [0.1, 0.15) is 0 Å². The minimum absolute atomic E-state index is 0.0150. The maximum Gasteiger partial charge on any atom is 0.255 e. The average Bonchev–Trinajstić information content (AvgIpc) is 2.41. The third-order valence-corrected chi connectivity index (χ3v) is 4.47. The Labute approximate surface area is 138 Å². The lowest BCUT2D eigenvalue weighted by molar-refractivity contribution is 0.0680. The summed E-state index contributed by atoms with van der Waals surface area (Å²) in [6.07, 6.45) is 1.85. The summed E-state index contributed by atoms with van der Waals surface area (Å²) in [6, 6.07) is 5.61. The third-order valence-electron chi connectivity index (χ3n) is 3.13. The van der Waals surface area contributed by atoms with Gasteiger partial charge in [-0.25, -0.2) is 0 Å². The molecular formula is C14H18Cl2INO. The van der Waals surface area contributed by atoms with Crippen molar-refractivity contribution >= 4 is 51.7 Å². The summed E-state index contributed by atoms with van der Waals surface area (Å²) in [5.74, 6) is 0.459. The Hall–Kier alpha value is -0.000000000000000111. The summed E-state index contributed by atoms with van der Waals surface area (Å²) in [7, 11) is 0. The molecule has 1 amide bonds. The van der Waals surface area contributed by atoms with Crippen molar-refractivity contribution in [1.29, 1.82) is 0 Å². The summed E-state index contributed by atoms with van der Waals surface area (Å²) >= 11 is 14.0. The predicted molar refractivity (Wildman–Crippen MR) is 90.3 cm³/mol. The molecule has 5 heteroatoms. The predicted octanol–water partition coefficient (Wildman–Crippen LogP) is 4.81. The number of benzene rings is 1. The van der Waals surface area contributed by atoms with Crippen molar-refractivity contribution in [2.45, 2.75) is 32.7 Å². The van der Waals surface area contributed by atoms with Gasteiger partial charge in [-0.2, -0.15) is 0 Å². The molecule has 0 spiro atoms. The summed E-state index contributed by atoms with van der Waals surface area (Å²) < 4.78 is 0.914. The molecule has 1 aromatic rings. The second kappa shape index (κ2) is 8.32. The highest BCUT2D eigenvalue weighted by atomic mass is 127. The molecule has 0 aliphatic carbocycles. The molecule has 0 fully saturated rings. The number of hydrogen-bond donors (Lipinski definition) is 0. The monoisotopic (exact) mass is 413 g/mol. The highest BCUT2D eigenvalue weighted by Gasteiger charge is 2.23. The fourth-order valence-corrected chi connectivity index (χ4v) is 3.01. The molecule has 1 aromatic carbocycles. The Morgan fingerprint density at radius 1 is 1.37 bits per heavy atom. The molecular weight excluding hydrogens is 396 g/mol. The lowest BCUT2D eigenvalue weighted by atomic mass is 10.1. The lowest BCUT2D eigenvalue weighted by Gasteiger charge is -2.30. The maximum atomic E-state index is 12.7. The van der Waals surface area contributed by atoms with E-state index in [1.165, 1.54) is 0 Å². The van der Waals surface area contributed by atoms with Crippen LogP contribution in [0.2, 0.25) is 5.02 Å². The van der Waals surface area contributed by atoms with Crippen molar-refractivity contribution in [3.05, 3.63) is 32.4 Å². The first-order valence-corrected chi connectivity index (χ1v) is 8.36. The van der Waals surface area contributed by atoms with Gasteiger partial charge in [-0.1, -0.05) is 25.4 Å². The lowest BCUT2D eigenvalue weighted by Crippen LogP contribution is -2.41. The highest BCUT2D eigenvalue weighted by Crippen LogP contribution is 2.21. The maximum absolute atomic E-state index is 12.7. The van der Waals surface area contributed by atoms with Crippen LogP contribution < -0.4 is 0 Å². The summed E-state index contributed by atoms with van der Waals surface area (Å²) in [5.41, 5.74) is 0.658. The Balaban J connectivity index is 3.08. The Morgan fingerprint density at radius 2 is 2.00 bits per heavy atom. The normalized spacial score (nSPS) is 10.8. The van der Waals surface area contributed by atoms with E-state index in [-0.39, 0.29) is 11.9 Å². The zero-order valence-electron chi connectivity index (χ0n) is 11.1. The molecule has 19 heavy (non-hydrogen) atoms. The van der Waals surface area contributed by atoms with Crippen LogP contribution in [0.1, 0.15) is 37.0 Å². The number of hydrogen-bond acceptors (Lipinski definition) is 1. The fourth-order valence-electron chi connectivity index (χ4n) is 2.09. The topological polar surface area (TPSA) is 20.3 Å². The smallest absolute Gasteiger partial charge is 0.255 e. The average molecular weight is 414 g/mol. The molecule has 106 valence electrons. The molecule has 0 saturated carbocycles. The van der Waals surface area contributed by atoms with E-state index in [2.05, 4.69) is 36.4 Å². The van der Waals surface area contributed by atoms with Crippen LogP contribution in [0.15, 0.2) is 18.2 Å². The molecule has 1 rings (SSSR count). The second-order valence-corrected chi connectivity index (χ2v) is 6.26. The SMILES string of the molecule is CCC(CC)N(CCCl)C(=O)c1cc(Cl)ccc1I. The summed E-state index contributed by atoms with van der Waals surface area (Å²) in [5, 5.41) is 0.583. The van der Waals surface area contributed by atoms with E-state index in [9.17, 15) is 4.79 Å². The number of nitrogens with zero attached hydrogens (tertiary/aromatic N) is 1. The molecule has 0 aromatic heterocycles. The van der Waals surface area contributed by atoms with Crippen LogP contribution in [0.3, 0.4) is 0 Å². The van der Waals surface area contributed by atoms with Crippen molar-refractivity contribution < 1.29 is 4.79 Å². The van der Waals surface area contributed by atoms with Crippen LogP contribution in [-0.2, 0) is 0 Å².